The van der Waals surface area contributed by atoms with Crippen molar-refractivity contribution in [1.29, 1.82) is 0 Å². The maximum absolute atomic E-state index is 12.9. The number of carbonyl (C=O) groups is 1. The summed E-state index contributed by atoms with van der Waals surface area (Å²) in [5.41, 5.74) is 1.78. The highest BCUT2D eigenvalue weighted by atomic mass is 35.5. The minimum Gasteiger partial charge on any atom is -0.335 e. The molecule has 3 nitrogen and oxygen atoms in total. The molecule has 3 rings (SSSR count). The quantitative estimate of drug-likeness (QED) is 0.926. The zero-order valence-corrected chi connectivity index (χ0v) is 13.3. The van der Waals surface area contributed by atoms with Gasteiger partial charge in [0.25, 0.3) is 5.91 Å². The van der Waals surface area contributed by atoms with E-state index >= 15 is 0 Å². The van der Waals surface area contributed by atoms with Gasteiger partial charge < -0.3 is 10.2 Å². The maximum atomic E-state index is 12.9. The van der Waals surface area contributed by atoms with Gasteiger partial charge in [-0.05, 0) is 75.4 Å². The van der Waals surface area contributed by atoms with Crippen molar-refractivity contribution in [2.75, 3.05) is 19.6 Å². The summed E-state index contributed by atoms with van der Waals surface area (Å²) in [4.78, 5) is 15.0. The lowest BCUT2D eigenvalue weighted by atomic mass is 9.97. The molecule has 1 saturated heterocycles. The van der Waals surface area contributed by atoms with Crippen LogP contribution in [0, 0.1) is 12.8 Å². The van der Waals surface area contributed by atoms with Gasteiger partial charge in [-0.25, -0.2) is 0 Å². The van der Waals surface area contributed by atoms with E-state index < -0.39 is 0 Å². The predicted molar refractivity (Wildman–Crippen MR) is 85.8 cm³/mol. The number of carbonyl (C=O) groups excluding carboxylic acids is 1. The van der Waals surface area contributed by atoms with Gasteiger partial charge in [0.05, 0.1) is 0 Å². The molecular weight excluding hydrogens is 284 g/mol. The summed E-state index contributed by atoms with van der Waals surface area (Å²) in [7, 11) is 0. The zero-order valence-electron chi connectivity index (χ0n) is 12.6. The number of halogens is 1. The summed E-state index contributed by atoms with van der Waals surface area (Å²) < 4.78 is 0. The number of rotatable bonds is 4. The molecule has 1 amide bonds. The number of aryl methyl sites for hydroxylation is 1. The number of nitrogens with one attached hydrogen (secondary N) is 1. The van der Waals surface area contributed by atoms with Gasteiger partial charge in [-0.1, -0.05) is 11.6 Å². The summed E-state index contributed by atoms with van der Waals surface area (Å²) in [6, 6.07) is 6.03. The van der Waals surface area contributed by atoms with Crippen LogP contribution in [0.1, 0.15) is 41.6 Å². The zero-order chi connectivity index (χ0) is 14.8. The summed E-state index contributed by atoms with van der Waals surface area (Å²) >= 11 is 6.00. The minimum atomic E-state index is 0.185. The van der Waals surface area contributed by atoms with Gasteiger partial charge in [-0.3, -0.25) is 4.79 Å². The molecule has 2 aliphatic rings. The molecule has 1 aromatic rings. The smallest absolute Gasteiger partial charge is 0.254 e. The molecule has 1 aliphatic carbocycles. The van der Waals surface area contributed by atoms with Crippen LogP contribution < -0.4 is 5.32 Å². The molecule has 0 aromatic heterocycles. The van der Waals surface area contributed by atoms with Crippen molar-refractivity contribution in [1.82, 2.24) is 10.2 Å². The Balaban J connectivity index is 1.75. The Labute approximate surface area is 131 Å². The first kappa shape index (κ1) is 14.9. The average Bonchev–Trinajstić information content (AvgIpc) is 3.30. The molecule has 1 aromatic carbocycles. The highest BCUT2D eigenvalue weighted by molar-refractivity contribution is 6.30. The fourth-order valence-electron chi connectivity index (χ4n) is 3.15. The lowest BCUT2D eigenvalue weighted by Gasteiger charge is -2.30. The Morgan fingerprint density at radius 3 is 2.62 bits per heavy atom. The molecule has 0 unspecified atom stereocenters. The van der Waals surface area contributed by atoms with Crippen LogP contribution in [0.3, 0.4) is 0 Å². The second-order valence-corrected chi connectivity index (χ2v) is 6.78. The van der Waals surface area contributed by atoms with Crippen LogP contribution in [0.25, 0.3) is 0 Å². The van der Waals surface area contributed by atoms with Crippen molar-refractivity contribution in [3.05, 3.63) is 34.3 Å². The van der Waals surface area contributed by atoms with Gasteiger partial charge in [-0.2, -0.15) is 0 Å². The standard InChI is InChI=1S/C17H23ClN2O/c1-12-10-14(18)2-5-16(12)17(21)20(15-3-4-15)11-13-6-8-19-9-7-13/h2,5,10,13,15,19H,3-4,6-9,11H2,1H3. The molecule has 114 valence electrons. The molecule has 21 heavy (non-hydrogen) atoms. The van der Waals surface area contributed by atoms with Crippen LogP contribution in [0.4, 0.5) is 0 Å². The molecule has 1 saturated carbocycles. The van der Waals surface area contributed by atoms with E-state index in [1.54, 1.807) is 0 Å². The molecule has 0 radical (unpaired) electrons. The third kappa shape index (κ3) is 3.58. The Kier molecular flexibility index (Phi) is 4.51. The lowest BCUT2D eigenvalue weighted by Crippen LogP contribution is -2.40. The Morgan fingerprint density at radius 2 is 2.00 bits per heavy atom. The van der Waals surface area contributed by atoms with Crippen molar-refractivity contribution >= 4 is 17.5 Å². The molecule has 1 aliphatic heterocycles. The van der Waals surface area contributed by atoms with E-state index in [0.29, 0.717) is 17.0 Å². The van der Waals surface area contributed by atoms with Gasteiger partial charge in [0.2, 0.25) is 0 Å². The highest BCUT2D eigenvalue weighted by Gasteiger charge is 2.35. The second-order valence-electron chi connectivity index (χ2n) is 6.34. The van der Waals surface area contributed by atoms with E-state index in [2.05, 4.69) is 10.2 Å². The molecule has 0 bridgehead atoms. The molecule has 2 fully saturated rings. The molecule has 1 heterocycles. The number of hydrogen-bond acceptors (Lipinski definition) is 2. The Morgan fingerprint density at radius 1 is 1.29 bits per heavy atom. The molecule has 4 heteroatoms. The van der Waals surface area contributed by atoms with Crippen molar-refractivity contribution < 1.29 is 4.79 Å². The number of nitrogens with zero attached hydrogens (tertiary/aromatic N) is 1. The maximum Gasteiger partial charge on any atom is 0.254 e. The first-order chi connectivity index (χ1) is 10.1. The summed E-state index contributed by atoms with van der Waals surface area (Å²) in [5, 5.41) is 4.09. The number of piperidine rings is 1. The van der Waals surface area contributed by atoms with Crippen LogP contribution in [0.15, 0.2) is 18.2 Å². The highest BCUT2D eigenvalue weighted by Crippen LogP contribution is 2.31. The monoisotopic (exact) mass is 306 g/mol. The van der Waals surface area contributed by atoms with Crippen LogP contribution in [0.5, 0.6) is 0 Å². The average molecular weight is 307 g/mol. The summed E-state index contributed by atoms with van der Waals surface area (Å²) in [6.07, 6.45) is 4.67. The fraction of sp³-hybridized carbons (Fsp3) is 0.588. The van der Waals surface area contributed by atoms with Gasteiger partial charge >= 0.3 is 0 Å². The SMILES string of the molecule is Cc1cc(Cl)ccc1C(=O)N(CC1CCNCC1)C1CC1. The van der Waals surface area contributed by atoms with E-state index in [4.69, 9.17) is 11.6 Å². The van der Waals surface area contributed by atoms with Gasteiger partial charge in [-0.15, -0.1) is 0 Å². The lowest BCUT2D eigenvalue weighted by molar-refractivity contribution is 0.0701. The summed E-state index contributed by atoms with van der Waals surface area (Å²) in [5.74, 6) is 0.827. The molecule has 0 atom stereocenters. The first-order valence-electron chi connectivity index (χ1n) is 7.93. The largest absolute Gasteiger partial charge is 0.335 e. The van der Waals surface area contributed by atoms with E-state index in [0.717, 1.165) is 43.6 Å². The Bertz CT molecular complexity index is 522. The van der Waals surface area contributed by atoms with E-state index in [1.807, 2.05) is 25.1 Å². The first-order valence-corrected chi connectivity index (χ1v) is 8.31. The van der Waals surface area contributed by atoms with E-state index in [-0.39, 0.29) is 5.91 Å². The normalized spacial score (nSPS) is 19.5. The number of amides is 1. The summed E-state index contributed by atoms with van der Waals surface area (Å²) in [6.45, 7) is 5.04. The molecule has 0 spiro atoms. The van der Waals surface area contributed by atoms with Crippen LogP contribution >= 0.6 is 11.6 Å². The van der Waals surface area contributed by atoms with Crippen molar-refractivity contribution in [3.8, 4) is 0 Å². The molecular formula is C17H23ClN2O. The second kappa shape index (κ2) is 6.37. The topological polar surface area (TPSA) is 32.3 Å². The molecule has 1 N–H and O–H groups in total. The van der Waals surface area contributed by atoms with Gasteiger partial charge in [0, 0.05) is 23.2 Å². The third-order valence-electron chi connectivity index (χ3n) is 4.58. The van der Waals surface area contributed by atoms with Crippen LogP contribution in [-0.4, -0.2) is 36.5 Å². The minimum absolute atomic E-state index is 0.185. The van der Waals surface area contributed by atoms with E-state index in [1.165, 1.54) is 12.8 Å². The third-order valence-corrected chi connectivity index (χ3v) is 4.82. The predicted octanol–water partition coefficient (Wildman–Crippen LogP) is 3.25. The van der Waals surface area contributed by atoms with Gasteiger partial charge in [0.1, 0.15) is 0 Å². The van der Waals surface area contributed by atoms with Crippen molar-refractivity contribution in [2.45, 2.75) is 38.6 Å². The van der Waals surface area contributed by atoms with Crippen molar-refractivity contribution in [2.24, 2.45) is 5.92 Å². The number of benzene rings is 1. The fourth-order valence-corrected chi connectivity index (χ4v) is 3.37. The Hall–Kier alpha value is -1.06. The number of hydrogen-bond donors (Lipinski definition) is 1. The van der Waals surface area contributed by atoms with Crippen LogP contribution in [-0.2, 0) is 0 Å². The van der Waals surface area contributed by atoms with E-state index in [9.17, 15) is 4.79 Å². The van der Waals surface area contributed by atoms with Gasteiger partial charge in [0.15, 0.2) is 0 Å². The van der Waals surface area contributed by atoms with Crippen molar-refractivity contribution in [3.63, 3.8) is 0 Å². The van der Waals surface area contributed by atoms with Crippen LogP contribution in [0.2, 0.25) is 5.02 Å².